The molecule has 2 amide bonds. The van der Waals surface area contributed by atoms with E-state index in [2.05, 4.69) is 29.6 Å². The molecule has 0 atom stereocenters. The molecule has 2 aromatic carbocycles. The molecule has 2 aliphatic rings. The molecule has 4 rings (SSSR count). The fraction of sp³-hybridized carbons (Fsp3) is 0.417. The number of carbonyl (C=O) groups excluding carboxylic acids is 2. The number of rotatable bonds is 5. The number of benzene rings is 2. The minimum Gasteiger partial charge on any atom is -0.353 e. The highest BCUT2D eigenvalue weighted by molar-refractivity contribution is 5.94. The third kappa shape index (κ3) is 4.44. The highest BCUT2D eigenvalue weighted by Gasteiger charge is 2.25. The summed E-state index contributed by atoms with van der Waals surface area (Å²) in [5.41, 5.74) is 4.73. The fourth-order valence-electron chi connectivity index (χ4n) is 4.32. The zero-order valence-electron chi connectivity index (χ0n) is 16.3. The number of nitrogens with one attached hydrogen (secondary N) is 1. The van der Waals surface area contributed by atoms with Crippen LogP contribution in [0, 0.1) is 0 Å². The van der Waals surface area contributed by atoms with E-state index < -0.39 is 0 Å². The van der Waals surface area contributed by atoms with Crippen molar-refractivity contribution >= 4 is 11.8 Å². The molecule has 1 fully saturated rings. The number of aryl methyl sites for hydroxylation is 3. The second-order valence-electron chi connectivity index (χ2n) is 7.96. The quantitative estimate of drug-likeness (QED) is 0.868. The van der Waals surface area contributed by atoms with Crippen LogP contribution in [0.1, 0.15) is 52.7 Å². The maximum Gasteiger partial charge on any atom is 0.253 e. The van der Waals surface area contributed by atoms with E-state index >= 15 is 0 Å². The predicted molar refractivity (Wildman–Crippen MR) is 110 cm³/mol. The van der Waals surface area contributed by atoms with Crippen molar-refractivity contribution in [2.45, 2.75) is 51.0 Å². The molecular formula is C24H28N2O2. The lowest BCUT2D eigenvalue weighted by Crippen LogP contribution is -2.46. The smallest absolute Gasteiger partial charge is 0.253 e. The molecule has 4 heteroatoms. The van der Waals surface area contributed by atoms with Crippen LogP contribution in [0.3, 0.4) is 0 Å². The van der Waals surface area contributed by atoms with Crippen molar-refractivity contribution in [2.75, 3.05) is 13.1 Å². The standard InChI is InChI=1S/C24H28N2O2/c27-23(12-9-18-5-2-1-3-6-18)25-22-13-15-26(16-14-22)24(28)21-11-10-19-7-4-8-20(19)17-21/h1-3,5-6,10-11,17,22H,4,7-9,12-16H2,(H,25,27). The van der Waals surface area contributed by atoms with Gasteiger partial charge in [0.15, 0.2) is 0 Å². The van der Waals surface area contributed by atoms with Crippen LogP contribution >= 0.6 is 0 Å². The fourth-order valence-corrected chi connectivity index (χ4v) is 4.32. The van der Waals surface area contributed by atoms with Crippen LogP contribution in [0.15, 0.2) is 48.5 Å². The van der Waals surface area contributed by atoms with Gasteiger partial charge in [-0.2, -0.15) is 0 Å². The van der Waals surface area contributed by atoms with Gasteiger partial charge in [0.2, 0.25) is 5.91 Å². The van der Waals surface area contributed by atoms with E-state index in [4.69, 9.17) is 0 Å². The van der Waals surface area contributed by atoms with Crippen molar-refractivity contribution in [2.24, 2.45) is 0 Å². The molecule has 0 spiro atoms. The SMILES string of the molecule is O=C(CCc1ccccc1)NC1CCN(C(=O)c2ccc3c(c2)CCC3)CC1. The second-order valence-corrected chi connectivity index (χ2v) is 7.96. The Bertz CT molecular complexity index is 839. The summed E-state index contributed by atoms with van der Waals surface area (Å²) in [7, 11) is 0. The predicted octanol–water partition coefficient (Wildman–Crippen LogP) is 3.53. The van der Waals surface area contributed by atoms with Crippen LogP contribution in [0.25, 0.3) is 0 Å². The normalized spacial score (nSPS) is 16.6. The Morgan fingerprint density at radius 2 is 1.71 bits per heavy atom. The molecule has 1 saturated heterocycles. The van der Waals surface area contributed by atoms with E-state index in [0.29, 0.717) is 19.5 Å². The van der Waals surface area contributed by atoms with Gasteiger partial charge in [-0.05, 0) is 67.3 Å². The number of carbonyl (C=O) groups is 2. The monoisotopic (exact) mass is 376 g/mol. The van der Waals surface area contributed by atoms with Gasteiger partial charge >= 0.3 is 0 Å². The number of hydrogen-bond donors (Lipinski definition) is 1. The Morgan fingerprint density at radius 3 is 2.50 bits per heavy atom. The van der Waals surface area contributed by atoms with Crippen molar-refractivity contribution in [1.82, 2.24) is 10.2 Å². The summed E-state index contributed by atoms with van der Waals surface area (Å²) in [6.45, 7) is 1.42. The molecule has 1 heterocycles. The van der Waals surface area contributed by atoms with Crippen molar-refractivity contribution < 1.29 is 9.59 Å². The Labute approximate surface area is 166 Å². The van der Waals surface area contributed by atoms with Gasteiger partial charge in [0.1, 0.15) is 0 Å². The lowest BCUT2D eigenvalue weighted by atomic mass is 10.0. The molecule has 4 nitrogen and oxygen atoms in total. The average Bonchev–Trinajstić information content (AvgIpc) is 3.21. The highest BCUT2D eigenvalue weighted by atomic mass is 16.2. The van der Waals surface area contributed by atoms with Gasteiger partial charge in [0.25, 0.3) is 5.91 Å². The number of nitrogens with zero attached hydrogens (tertiary/aromatic N) is 1. The minimum atomic E-state index is 0.104. The summed E-state index contributed by atoms with van der Waals surface area (Å²) >= 11 is 0. The van der Waals surface area contributed by atoms with E-state index in [1.54, 1.807) is 0 Å². The first-order chi connectivity index (χ1) is 13.7. The van der Waals surface area contributed by atoms with Crippen molar-refractivity contribution in [1.29, 1.82) is 0 Å². The van der Waals surface area contributed by atoms with Gasteiger partial charge in [-0.15, -0.1) is 0 Å². The van der Waals surface area contributed by atoms with Gasteiger partial charge in [-0.3, -0.25) is 9.59 Å². The lowest BCUT2D eigenvalue weighted by Gasteiger charge is -2.32. The number of hydrogen-bond acceptors (Lipinski definition) is 2. The molecule has 28 heavy (non-hydrogen) atoms. The van der Waals surface area contributed by atoms with Crippen molar-refractivity contribution in [3.63, 3.8) is 0 Å². The van der Waals surface area contributed by atoms with Crippen LogP contribution < -0.4 is 5.32 Å². The van der Waals surface area contributed by atoms with Crippen molar-refractivity contribution in [3.8, 4) is 0 Å². The zero-order valence-corrected chi connectivity index (χ0v) is 16.3. The Kier molecular flexibility index (Phi) is 5.75. The van der Waals surface area contributed by atoms with Crippen LogP contribution in [0.5, 0.6) is 0 Å². The molecule has 1 aliphatic carbocycles. The Morgan fingerprint density at radius 1 is 0.964 bits per heavy atom. The molecule has 1 N–H and O–H groups in total. The lowest BCUT2D eigenvalue weighted by molar-refractivity contribution is -0.122. The first-order valence-electron chi connectivity index (χ1n) is 10.4. The first-order valence-corrected chi connectivity index (χ1v) is 10.4. The molecule has 0 bridgehead atoms. The molecule has 0 saturated carbocycles. The number of amides is 2. The average molecular weight is 377 g/mol. The van der Waals surface area contributed by atoms with E-state index in [1.165, 1.54) is 23.1 Å². The largest absolute Gasteiger partial charge is 0.353 e. The highest BCUT2D eigenvalue weighted by Crippen LogP contribution is 2.24. The summed E-state index contributed by atoms with van der Waals surface area (Å²) < 4.78 is 0. The summed E-state index contributed by atoms with van der Waals surface area (Å²) in [6.07, 6.45) is 6.36. The molecular weight excluding hydrogens is 348 g/mol. The third-order valence-electron chi connectivity index (χ3n) is 5.98. The zero-order chi connectivity index (χ0) is 19.3. The van der Waals surface area contributed by atoms with Crippen LogP contribution in [-0.4, -0.2) is 35.8 Å². The van der Waals surface area contributed by atoms with E-state index in [0.717, 1.165) is 37.7 Å². The summed E-state index contributed by atoms with van der Waals surface area (Å²) in [4.78, 5) is 27.0. The maximum absolute atomic E-state index is 12.8. The van der Waals surface area contributed by atoms with Gasteiger partial charge in [-0.1, -0.05) is 36.4 Å². The maximum atomic E-state index is 12.8. The van der Waals surface area contributed by atoms with E-state index in [-0.39, 0.29) is 17.9 Å². The van der Waals surface area contributed by atoms with Crippen LogP contribution in [0.4, 0.5) is 0 Å². The van der Waals surface area contributed by atoms with Crippen molar-refractivity contribution in [3.05, 3.63) is 70.8 Å². The van der Waals surface area contributed by atoms with Gasteiger partial charge in [-0.25, -0.2) is 0 Å². The van der Waals surface area contributed by atoms with E-state index in [1.807, 2.05) is 29.2 Å². The van der Waals surface area contributed by atoms with Gasteiger partial charge < -0.3 is 10.2 Å². The third-order valence-corrected chi connectivity index (χ3v) is 5.98. The number of piperidine rings is 1. The summed E-state index contributed by atoms with van der Waals surface area (Å²) in [5.74, 6) is 0.232. The number of likely N-dealkylation sites (tertiary alicyclic amines) is 1. The van der Waals surface area contributed by atoms with Gasteiger partial charge in [0.05, 0.1) is 0 Å². The topological polar surface area (TPSA) is 49.4 Å². The molecule has 0 aromatic heterocycles. The van der Waals surface area contributed by atoms with Crippen LogP contribution in [-0.2, 0) is 24.1 Å². The summed E-state index contributed by atoms with van der Waals surface area (Å²) in [6, 6.07) is 16.4. The molecule has 2 aromatic rings. The van der Waals surface area contributed by atoms with Gasteiger partial charge in [0, 0.05) is 31.1 Å². The molecule has 146 valence electrons. The minimum absolute atomic E-state index is 0.104. The Balaban J connectivity index is 1.24. The second kappa shape index (κ2) is 8.59. The Hall–Kier alpha value is -2.62. The number of fused-ring (bicyclic) bond motifs is 1. The van der Waals surface area contributed by atoms with E-state index in [9.17, 15) is 9.59 Å². The first kappa shape index (κ1) is 18.7. The van der Waals surface area contributed by atoms with Crippen LogP contribution in [0.2, 0.25) is 0 Å². The summed E-state index contributed by atoms with van der Waals surface area (Å²) in [5, 5.41) is 3.15. The molecule has 0 radical (unpaired) electrons. The molecule has 1 aliphatic heterocycles. The molecule has 0 unspecified atom stereocenters.